The number of aliphatic carboxylic acids is 1. The summed E-state index contributed by atoms with van der Waals surface area (Å²) in [6.07, 6.45) is 2.34. The van der Waals surface area contributed by atoms with Gasteiger partial charge in [0, 0.05) is 47.8 Å². The Bertz CT molecular complexity index is 1380. The molecule has 0 saturated carbocycles. The van der Waals surface area contributed by atoms with Crippen LogP contribution in [-0.4, -0.2) is 22.6 Å². The number of carbonyl (C=O) groups excluding carboxylic acids is 2. The summed E-state index contributed by atoms with van der Waals surface area (Å²) in [7, 11) is 0. The molecule has 0 amide bonds. The van der Waals surface area contributed by atoms with Crippen molar-refractivity contribution in [1.82, 2.24) is 0 Å². The van der Waals surface area contributed by atoms with E-state index in [4.69, 9.17) is 9.15 Å². The zero-order valence-corrected chi connectivity index (χ0v) is 22.8. The number of allylic oxidation sites excluding steroid dienone is 4. The summed E-state index contributed by atoms with van der Waals surface area (Å²) < 4.78 is 12.6. The summed E-state index contributed by atoms with van der Waals surface area (Å²) in [6.45, 7) is 13.9. The van der Waals surface area contributed by atoms with Gasteiger partial charge < -0.3 is 14.3 Å². The molecule has 1 aromatic heterocycles. The Morgan fingerprint density at radius 1 is 0.973 bits per heavy atom. The lowest BCUT2D eigenvalue weighted by Crippen LogP contribution is -2.37. The average Bonchev–Trinajstić information content (AvgIpc) is 3.14. The van der Waals surface area contributed by atoms with E-state index in [-0.39, 0.29) is 22.4 Å². The molecular formula is C31H36O6. The minimum atomic E-state index is -0.895. The molecule has 1 aliphatic heterocycles. The normalized spacial score (nSPS) is 22.1. The second-order valence-corrected chi connectivity index (χ2v) is 12.7. The second kappa shape index (κ2) is 8.44. The number of carbonyl (C=O) groups is 3. The van der Waals surface area contributed by atoms with E-state index in [2.05, 4.69) is 27.7 Å². The molecule has 3 aliphatic rings. The zero-order valence-electron chi connectivity index (χ0n) is 22.8. The highest BCUT2D eigenvalue weighted by atomic mass is 16.5. The molecular weight excluding hydrogens is 468 g/mol. The Kier molecular flexibility index (Phi) is 5.81. The van der Waals surface area contributed by atoms with Gasteiger partial charge in [-0.3, -0.25) is 14.4 Å². The van der Waals surface area contributed by atoms with Crippen LogP contribution in [0.3, 0.4) is 0 Å². The van der Waals surface area contributed by atoms with E-state index in [9.17, 15) is 19.5 Å². The standard InChI is InChI=1S/C31H36O6/c1-8-17(29(34)35)18-10-20(28-19(16(18)3)9-15(2)36-28)25-26-21(32)11-30(4,5)13-23(26)37-24-14-31(6,7)12-22(33)27(24)25/h9-10,17,25H,8,11-14H2,1-7H3,(H,34,35). The third-order valence-corrected chi connectivity index (χ3v) is 8.24. The van der Waals surface area contributed by atoms with Gasteiger partial charge in [0.25, 0.3) is 0 Å². The summed E-state index contributed by atoms with van der Waals surface area (Å²) in [6, 6.07) is 3.81. The maximum absolute atomic E-state index is 13.7. The van der Waals surface area contributed by atoms with Crippen molar-refractivity contribution in [2.75, 3.05) is 0 Å². The van der Waals surface area contributed by atoms with E-state index in [1.165, 1.54) is 0 Å². The molecule has 1 atom stereocenters. The molecule has 5 rings (SSSR count). The predicted molar refractivity (Wildman–Crippen MR) is 140 cm³/mol. The van der Waals surface area contributed by atoms with E-state index < -0.39 is 17.8 Å². The van der Waals surface area contributed by atoms with E-state index in [0.29, 0.717) is 77.2 Å². The molecule has 0 fully saturated rings. The quantitative estimate of drug-likeness (QED) is 0.480. The first-order valence-corrected chi connectivity index (χ1v) is 13.2. The summed E-state index contributed by atoms with van der Waals surface area (Å²) >= 11 is 0. The van der Waals surface area contributed by atoms with E-state index in [0.717, 1.165) is 10.9 Å². The summed E-state index contributed by atoms with van der Waals surface area (Å²) in [5.41, 5.74) is 3.40. The highest BCUT2D eigenvalue weighted by molar-refractivity contribution is 6.07. The third kappa shape index (κ3) is 4.14. The second-order valence-electron chi connectivity index (χ2n) is 12.7. The van der Waals surface area contributed by atoms with Gasteiger partial charge in [0.15, 0.2) is 11.6 Å². The van der Waals surface area contributed by atoms with Gasteiger partial charge in [-0.25, -0.2) is 0 Å². The topological polar surface area (TPSA) is 93.8 Å². The van der Waals surface area contributed by atoms with Crippen molar-refractivity contribution in [2.45, 2.75) is 92.4 Å². The molecule has 1 N–H and O–H groups in total. The maximum Gasteiger partial charge on any atom is 0.310 e. The summed E-state index contributed by atoms with van der Waals surface area (Å²) in [5, 5.41) is 10.9. The number of fused-ring (bicyclic) bond motifs is 1. The molecule has 0 bridgehead atoms. The van der Waals surface area contributed by atoms with Crippen LogP contribution in [0.2, 0.25) is 0 Å². The Balaban J connectivity index is 1.85. The minimum absolute atomic E-state index is 0.0238. The highest BCUT2D eigenvalue weighted by Gasteiger charge is 2.48. The molecule has 2 aliphatic carbocycles. The molecule has 0 saturated heterocycles. The molecule has 0 radical (unpaired) electrons. The van der Waals surface area contributed by atoms with E-state index in [1.54, 1.807) is 0 Å². The Morgan fingerprint density at radius 3 is 2.00 bits per heavy atom. The van der Waals surface area contributed by atoms with E-state index in [1.807, 2.05) is 32.9 Å². The van der Waals surface area contributed by atoms with Crippen molar-refractivity contribution in [3.63, 3.8) is 0 Å². The number of rotatable bonds is 4. The molecule has 2 aromatic rings. The van der Waals surface area contributed by atoms with Crippen molar-refractivity contribution in [2.24, 2.45) is 10.8 Å². The summed E-state index contributed by atoms with van der Waals surface area (Å²) in [5.74, 6) is -0.310. The van der Waals surface area contributed by atoms with Crippen LogP contribution in [0, 0.1) is 24.7 Å². The number of benzene rings is 1. The van der Waals surface area contributed by atoms with Crippen molar-refractivity contribution < 1.29 is 28.6 Å². The van der Waals surface area contributed by atoms with Gasteiger partial charge in [-0.2, -0.15) is 0 Å². The molecule has 6 nitrogen and oxygen atoms in total. The van der Waals surface area contributed by atoms with Crippen molar-refractivity contribution in [3.05, 3.63) is 57.2 Å². The van der Waals surface area contributed by atoms with Gasteiger partial charge >= 0.3 is 5.97 Å². The van der Waals surface area contributed by atoms with Crippen molar-refractivity contribution in [1.29, 1.82) is 0 Å². The van der Waals surface area contributed by atoms with Crippen LogP contribution in [0.15, 0.2) is 39.2 Å². The molecule has 2 heterocycles. The molecule has 37 heavy (non-hydrogen) atoms. The lowest BCUT2D eigenvalue weighted by Gasteiger charge is -2.42. The fraction of sp³-hybridized carbons (Fsp3) is 0.516. The fourth-order valence-corrected chi connectivity index (χ4v) is 6.59. The number of furan rings is 1. The molecule has 196 valence electrons. The number of hydrogen-bond acceptors (Lipinski definition) is 5. The molecule has 1 aromatic carbocycles. The van der Waals surface area contributed by atoms with Crippen LogP contribution in [0.1, 0.15) is 101 Å². The largest absolute Gasteiger partial charge is 0.481 e. The van der Waals surface area contributed by atoms with Gasteiger partial charge in [0.05, 0.1) is 11.8 Å². The summed E-state index contributed by atoms with van der Waals surface area (Å²) in [4.78, 5) is 39.7. The van der Waals surface area contributed by atoms with Crippen LogP contribution < -0.4 is 0 Å². The molecule has 0 spiro atoms. The number of Topliss-reactive ketones (excluding diaryl/α,β-unsaturated/α-hetero) is 2. The number of carboxylic acids is 1. The van der Waals surface area contributed by atoms with Gasteiger partial charge in [0.1, 0.15) is 22.9 Å². The zero-order chi connectivity index (χ0) is 27.0. The van der Waals surface area contributed by atoms with Gasteiger partial charge in [-0.15, -0.1) is 0 Å². The molecule has 1 unspecified atom stereocenters. The van der Waals surface area contributed by atoms with Crippen LogP contribution in [0.4, 0.5) is 0 Å². The monoisotopic (exact) mass is 504 g/mol. The lowest BCUT2D eigenvalue weighted by atomic mass is 9.65. The van der Waals surface area contributed by atoms with Gasteiger partial charge in [-0.05, 0) is 54.4 Å². The first-order valence-electron chi connectivity index (χ1n) is 13.2. The maximum atomic E-state index is 13.7. The first kappa shape index (κ1) is 25.5. The third-order valence-electron chi connectivity index (χ3n) is 8.24. The SMILES string of the molecule is CCC(C(=O)O)c1cc(C2C3=C(CC(C)(C)CC3=O)OC3=C2C(=O)CC(C)(C)C3)c2oc(C)cc2c1C. The number of carboxylic acid groups (broad SMARTS) is 1. The van der Waals surface area contributed by atoms with Gasteiger partial charge in [-0.1, -0.05) is 34.6 Å². The van der Waals surface area contributed by atoms with Crippen molar-refractivity contribution >= 4 is 28.5 Å². The van der Waals surface area contributed by atoms with E-state index >= 15 is 0 Å². The number of aryl methyl sites for hydroxylation is 2. The van der Waals surface area contributed by atoms with Crippen LogP contribution in [0.5, 0.6) is 0 Å². The Morgan fingerprint density at radius 2 is 1.51 bits per heavy atom. The Hall–Kier alpha value is -3.15. The first-order chi connectivity index (χ1) is 17.2. The predicted octanol–water partition coefficient (Wildman–Crippen LogP) is 7.03. The van der Waals surface area contributed by atoms with Crippen LogP contribution >= 0.6 is 0 Å². The lowest BCUT2D eigenvalue weighted by molar-refractivity contribution is -0.139. The fourth-order valence-electron chi connectivity index (χ4n) is 6.59. The van der Waals surface area contributed by atoms with Crippen molar-refractivity contribution in [3.8, 4) is 0 Å². The smallest absolute Gasteiger partial charge is 0.310 e. The molecule has 6 heteroatoms. The minimum Gasteiger partial charge on any atom is -0.481 e. The number of ether oxygens (including phenoxy) is 1. The van der Waals surface area contributed by atoms with Gasteiger partial charge in [0.2, 0.25) is 0 Å². The van der Waals surface area contributed by atoms with Crippen LogP contribution in [-0.2, 0) is 19.1 Å². The number of hydrogen-bond donors (Lipinski definition) is 1. The van der Waals surface area contributed by atoms with Crippen LogP contribution in [0.25, 0.3) is 11.0 Å². The highest BCUT2D eigenvalue weighted by Crippen LogP contribution is 2.54. The average molecular weight is 505 g/mol. The Labute approximate surface area is 217 Å². The number of ketones is 2.